The van der Waals surface area contributed by atoms with Crippen molar-refractivity contribution in [3.63, 3.8) is 0 Å². The van der Waals surface area contributed by atoms with Crippen LogP contribution in [0.2, 0.25) is 0 Å². The number of aliphatic hydroxyl groups is 2. The quantitative estimate of drug-likeness (QED) is 0.216. The number of piperazine rings is 2. The molecule has 2 saturated heterocycles. The highest BCUT2D eigenvalue weighted by atomic mass is 19.1. The summed E-state index contributed by atoms with van der Waals surface area (Å²) in [7, 11) is 2.00. The van der Waals surface area contributed by atoms with Gasteiger partial charge < -0.3 is 44.1 Å². The molecule has 3 rings (SSSR count). The topological polar surface area (TPSA) is 131 Å². The van der Waals surface area contributed by atoms with Gasteiger partial charge in [0.05, 0.1) is 6.10 Å². The zero-order valence-electron chi connectivity index (χ0n) is 28.1. The number of carbonyl (C=O) groups excluding carboxylic acids is 4. The van der Waals surface area contributed by atoms with Gasteiger partial charge in [-0.15, -0.1) is 0 Å². The van der Waals surface area contributed by atoms with Crippen molar-refractivity contribution in [3.05, 3.63) is 47.3 Å². The fourth-order valence-corrected chi connectivity index (χ4v) is 5.96. The summed E-state index contributed by atoms with van der Waals surface area (Å²) in [5, 5.41) is 19.2. The fourth-order valence-electron chi connectivity index (χ4n) is 5.96. The summed E-state index contributed by atoms with van der Waals surface area (Å²) in [6.07, 6.45) is 6.20. The Bertz CT molecular complexity index is 1260. The number of hydrogen-bond donors (Lipinski definition) is 2. The van der Waals surface area contributed by atoms with E-state index in [1.165, 1.54) is 12.1 Å². The number of amides is 2. The first-order chi connectivity index (χ1) is 22.4. The summed E-state index contributed by atoms with van der Waals surface area (Å²) in [4.78, 5) is 55.4. The second-order valence-corrected chi connectivity index (χ2v) is 12.8. The maximum atomic E-state index is 14.7. The van der Waals surface area contributed by atoms with Crippen LogP contribution in [0.15, 0.2) is 35.9 Å². The number of likely N-dealkylation sites (N-methyl/N-ethyl adjacent to an activating group) is 1. The van der Waals surface area contributed by atoms with Crippen LogP contribution in [0, 0.1) is 23.6 Å². The number of allylic oxidation sites excluding steroid dienone is 2. The number of carbonyl (C=O) groups is 4. The van der Waals surface area contributed by atoms with Gasteiger partial charge in [0.15, 0.2) is 0 Å². The van der Waals surface area contributed by atoms with E-state index < -0.39 is 36.6 Å². The van der Waals surface area contributed by atoms with Gasteiger partial charge in [0.2, 0.25) is 5.91 Å². The fraction of sp³-hybridized carbons (Fsp3) is 0.600. The lowest BCUT2D eigenvalue weighted by molar-refractivity contribution is -0.134. The highest BCUT2D eigenvalue weighted by molar-refractivity contribution is 5.77. The van der Waals surface area contributed by atoms with Crippen LogP contribution >= 0.6 is 0 Å². The van der Waals surface area contributed by atoms with Crippen molar-refractivity contribution in [1.82, 2.24) is 14.7 Å². The minimum Gasteiger partial charge on any atom is -0.442 e. The molecule has 1 aromatic rings. The second kappa shape index (κ2) is 18.7. The van der Waals surface area contributed by atoms with E-state index in [2.05, 4.69) is 4.90 Å². The standard InChI is InChI=1S/C35H51FN4O7/c1-25(6-8-33(26(2)5-7-31(44)9-18-41)47-35(46)40-12-10-37(4)11-13-40)32(23-42)27(3)19-28-20-29(36)22-30(21-28)38-14-16-39(17-15-38)34(45)24-43/h6,8,18-23,25-26,31-33,43-44H,5,7,9-17,24H2,1-4H3/b8-6+,27-19+/t25-,26-,31+,32-,33-/m0/s1. The Kier molecular flexibility index (Phi) is 15.0. The van der Waals surface area contributed by atoms with Gasteiger partial charge in [0.1, 0.15) is 31.1 Å². The Hall–Kier alpha value is -3.61. The van der Waals surface area contributed by atoms with E-state index >= 15 is 0 Å². The highest BCUT2D eigenvalue weighted by Crippen LogP contribution is 2.27. The van der Waals surface area contributed by atoms with Gasteiger partial charge in [0, 0.05) is 70.4 Å². The van der Waals surface area contributed by atoms with Crippen LogP contribution in [0.3, 0.4) is 0 Å². The molecule has 5 atom stereocenters. The highest BCUT2D eigenvalue weighted by Gasteiger charge is 2.27. The Balaban J connectivity index is 1.73. The van der Waals surface area contributed by atoms with Gasteiger partial charge in [-0.2, -0.15) is 0 Å². The smallest absolute Gasteiger partial charge is 0.410 e. The van der Waals surface area contributed by atoms with Gasteiger partial charge in [-0.25, -0.2) is 9.18 Å². The van der Waals surface area contributed by atoms with Gasteiger partial charge in [0.25, 0.3) is 0 Å². The molecule has 2 aliphatic heterocycles. The molecule has 0 unspecified atom stereocenters. The van der Waals surface area contributed by atoms with Crippen molar-refractivity contribution >= 4 is 36.3 Å². The predicted octanol–water partition coefficient (Wildman–Crippen LogP) is 3.00. The van der Waals surface area contributed by atoms with Crippen LogP contribution in [0.1, 0.15) is 45.6 Å². The summed E-state index contributed by atoms with van der Waals surface area (Å²) in [6, 6.07) is 4.71. The van der Waals surface area contributed by atoms with Crippen molar-refractivity contribution in [3.8, 4) is 0 Å². The van der Waals surface area contributed by atoms with E-state index in [4.69, 9.17) is 9.84 Å². The van der Waals surface area contributed by atoms with Gasteiger partial charge in [-0.3, -0.25) is 4.79 Å². The lowest BCUT2D eigenvalue weighted by Crippen LogP contribution is -2.49. The number of nitrogens with zero attached hydrogens (tertiary/aromatic N) is 4. The molecule has 0 radical (unpaired) electrons. The van der Waals surface area contributed by atoms with Crippen LogP contribution in [0.25, 0.3) is 6.08 Å². The van der Waals surface area contributed by atoms with Crippen molar-refractivity contribution in [2.45, 2.75) is 52.2 Å². The predicted molar refractivity (Wildman–Crippen MR) is 178 cm³/mol. The molecule has 0 bridgehead atoms. The van der Waals surface area contributed by atoms with Crippen molar-refractivity contribution in [2.24, 2.45) is 17.8 Å². The summed E-state index contributed by atoms with van der Waals surface area (Å²) < 4.78 is 20.7. The molecule has 260 valence electrons. The van der Waals surface area contributed by atoms with Crippen LogP contribution in [-0.2, 0) is 19.1 Å². The molecular weight excluding hydrogens is 607 g/mol. The lowest BCUT2D eigenvalue weighted by atomic mass is 9.86. The summed E-state index contributed by atoms with van der Waals surface area (Å²) >= 11 is 0. The average molecular weight is 659 g/mol. The molecular formula is C35H51FN4O7. The zero-order chi connectivity index (χ0) is 34.5. The number of hydrogen-bond acceptors (Lipinski definition) is 9. The molecule has 2 aliphatic rings. The Morgan fingerprint density at radius 3 is 2.23 bits per heavy atom. The van der Waals surface area contributed by atoms with E-state index in [9.17, 15) is 28.7 Å². The van der Waals surface area contributed by atoms with Crippen molar-refractivity contribution in [2.75, 3.05) is 70.9 Å². The molecule has 1 aromatic carbocycles. The molecule has 47 heavy (non-hydrogen) atoms. The number of rotatable bonds is 15. The number of aliphatic hydroxyl groups excluding tert-OH is 2. The Labute approximate surface area is 277 Å². The minimum absolute atomic E-state index is 0.0487. The maximum Gasteiger partial charge on any atom is 0.410 e. The Morgan fingerprint density at radius 2 is 1.62 bits per heavy atom. The first-order valence-electron chi connectivity index (χ1n) is 16.5. The number of benzene rings is 1. The first kappa shape index (κ1) is 37.8. The van der Waals surface area contributed by atoms with Gasteiger partial charge in [-0.1, -0.05) is 31.6 Å². The normalized spacial score (nSPS) is 19.6. The van der Waals surface area contributed by atoms with Crippen LogP contribution < -0.4 is 4.90 Å². The van der Waals surface area contributed by atoms with E-state index in [1.807, 2.05) is 44.9 Å². The average Bonchev–Trinajstić information content (AvgIpc) is 3.05. The molecule has 0 saturated carbocycles. The van der Waals surface area contributed by atoms with E-state index in [0.29, 0.717) is 69.6 Å². The van der Waals surface area contributed by atoms with Gasteiger partial charge in [-0.05, 0) is 68.5 Å². The number of halogens is 1. The summed E-state index contributed by atoms with van der Waals surface area (Å²) in [5.74, 6) is -1.69. The van der Waals surface area contributed by atoms with E-state index in [1.54, 1.807) is 22.0 Å². The summed E-state index contributed by atoms with van der Waals surface area (Å²) in [6.45, 7) is 9.62. The van der Waals surface area contributed by atoms with Crippen molar-refractivity contribution in [1.29, 1.82) is 0 Å². The monoisotopic (exact) mass is 658 g/mol. The van der Waals surface area contributed by atoms with Crippen molar-refractivity contribution < 1.29 is 38.5 Å². The SMILES string of the molecule is C/C(=C\c1cc(F)cc(N2CCN(C(=O)CO)CC2)c1)[C@@H](C=O)[C@@H](C)/C=C/[C@H](OC(=O)N1CCN(C)CC1)[C@@H](C)CC[C@@H](O)CC=O. The molecule has 0 aromatic heterocycles. The minimum atomic E-state index is -0.762. The number of aldehydes is 2. The van der Waals surface area contributed by atoms with Crippen LogP contribution in [0.4, 0.5) is 14.9 Å². The van der Waals surface area contributed by atoms with Gasteiger partial charge >= 0.3 is 6.09 Å². The second-order valence-electron chi connectivity index (χ2n) is 12.8. The maximum absolute atomic E-state index is 14.7. The number of anilines is 1. The largest absolute Gasteiger partial charge is 0.442 e. The molecule has 2 fully saturated rings. The Morgan fingerprint density at radius 1 is 0.957 bits per heavy atom. The number of ether oxygens (including phenoxy) is 1. The van der Waals surface area contributed by atoms with E-state index in [-0.39, 0.29) is 24.2 Å². The summed E-state index contributed by atoms with van der Waals surface area (Å²) in [5.41, 5.74) is 2.02. The van der Waals surface area contributed by atoms with E-state index in [0.717, 1.165) is 24.9 Å². The molecule has 0 aliphatic carbocycles. The molecule has 0 spiro atoms. The molecule has 2 amide bonds. The third-order valence-electron chi connectivity index (χ3n) is 9.16. The third kappa shape index (κ3) is 11.5. The molecule has 2 N–H and O–H groups in total. The first-order valence-corrected chi connectivity index (χ1v) is 16.5. The van der Waals surface area contributed by atoms with Crippen LogP contribution in [0.5, 0.6) is 0 Å². The lowest BCUT2D eigenvalue weighted by Gasteiger charge is -2.36. The molecule has 2 heterocycles. The van der Waals surface area contributed by atoms with Crippen LogP contribution in [-0.4, -0.2) is 128 Å². The third-order valence-corrected chi connectivity index (χ3v) is 9.16. The molecule has 11 nitrogen and oxygen atoms in total. The molecule has 12 heteroatoms. The zero-order valence-corrected chi connectivity index (χ0v) is 28.1.